The van der Waals surface area contributed by atoms with Gasteiger partial charge < -0.3 is 40.3 Å². The van der Waals surface area contributed by atoms with Crippen LogP contribution in [0, 0.1) is 0 Å². The molecule has 1 heterocycles. The van der Waals surface area contributed by atoms with Crippen molar-refractivity contribution in [1.82, 2.24) is 5.32 Å². The molecule has 0 aromatic rings. The quantitative estimate of drug-likeness (QED) is 0.0328. The third-order valence-corrected chi connectivity index (χ3v) is 14.4. The first-order valence-electron chi connectivity index (χ1n) is 27.2. The van der Waals surface area contributed by atoms with Gasteiger partial charge in [0, 0.05) is 12.2 Å². The number of hydrogen-bond donors (Lipinski definition) is 6. The SMILES string of the molecule is CCCCCCCCCCCCCCCCCCCCCCCCCC(=O)N[C@@H](CO[C@H]1OC(CSC(C)C)[C@H](O)[C@H](O)C1O)C(O)[C@H](O)CCCCCCCCCCCCCC. The maximum absolute atomic E-state index is 13.2. The zero-order valence-electron chi connectivity index (χ0n) is 41.6. The molecule has 8 atom stereocenters. The predicted molar refractivity (Wildman–Crippen MR) is 266 cm³/mol. The Labute approximate surface area is 393 Å². The van der Waals surface area contributed by atoms with E-state index in [4.69, 9.17) is 9.47 Å². The van der Waals surface area contributed by atoms with Crippen molar-refractivity contribution in [2.75, 3.05) is 12.4 Å². The third kappa shape index (κ3) is 33.6. The number of aliphatic hydroxyl groups excluding tert-OH is 5. The van der Waals surface area contributed by atoms with Gasteiger partial charge >= 0.3 is 0 Å². The molecule has 1 aliphatic rings. The normalized spacial score (nSPS) is 20.6. The number of rotatable bonds is 46. The molecule has 0 radical (unpaired) electrons. The zero-order valence-corrected chi connectivity index (χ0v) is 42.5. The second-order valence-corrected chi connectivity index (χ2v) is 21.3. The van der Waals surface area contributed by atoms with Crippen LogP contribution >= 0.6 is 11.8 Å². The Morgan fingerprint density at radius 3 is 1.29 bits per heavy atom. The van der Waals surface area contributed by atoms with Crippen LogP contribution in [0.4, 0.5) is 0 Å². The third-order valence-electron chi connectivity index (χ3n) is 13.2. The lowest BCUT2D eigenvalue weighted by Gasteiger charge is -2.41. The smallest absolute Gasteiger partial charge is 0.220 e. The van der Waals surface area contributed by atoms with E-state index in [0.717, 1.165) is 38.5 Å². The average molecular weight is 916 g/mol. The van der Waals surface area contributed by atoms with Crippen molar-refractivity contribution >= 4 is 17.7 Å². The minimum Gasteiger partial charge on any atom is -0.390 e. The summed E-state index contributed by atoms with van der Waals surface area (Å²) in [6, 6.07) is -0.933. The highest BCUT2D eigenvalue weighted by atomic mass is 32.2. The summed E-state index contributed by atoms with van der Waals surface area (Å²) in [4.78, 5) is 13.2. The Balaban J connectivity index is 2.35. The van der Waals surface area contributed by atoms with Crippen LogP contribution in [-0.4, -0.2) is 98.0 Å². The lowest BCUT2D eigenvalue weighted by atomic mass is 9.98. The van der Waals surface area contributed by atoms with Crippen LogP contribution in [0.25, 0.3) is 0 Å². The Morgan fingerprint density at radius 2 is 0.905 bits per heavy atom. The van der Waals surface area contributed by atoms with Crippen molar-refractivity contribution in [2.45, 2.75) is 319 Å². The Kier molecular flexibility index (Phi) is 41.2. The molecule has 0 aromatic heterocycles. The molecule has 9 nitrogen and oxygen atoms in total. The van der Waals surface area contributed by atoms with Crippen LogP contribution in [0.3, 0.4) is 0 Å². The summed E-state index contributed by atoms with van der Waals surface area (Å²) in [5.74, 6) is 0.193. The lowest BCUT2D eigenvalue weighted by Crippen LogP contribution is -2.60. The minimum absolute atomic E-state index is 0.213. The summed E-state index contributed by atoms with van der Waals surface area (Å²) in [7, 11) is 0. The minimum atomic E-state index is -1.51. The second kappa shape index (κ2) is 42.9. The topological polar surface area (TPSA) is 149 Å². The summed E-state index contributed by atoms with van der Waals surface area (Å²) >= 11 is 1.57. The van der Waals surface area contributed by atoms with E-state index in [1.807, 2.05) is 13.8 Å². The number of amides is 1. The first-order chi connectivity index (χ1) is 30.6. The molecule has 10 heteroatoms. The zero-order chi connectivity index (χ0) is 46.2. The molecular weight excluding hydrogens is 811 g/mol. The van der Waals surface area contributed by atoms with Crippen molar-refractivity contribution in [2.24, 2.45) is 0 Å². The van der Waals surface area contributed by atoms with Crippen molar-refractivity contribution in [1.29, 1.82) is 0 Å². The molecule has 0 aromatic carbocycles. The largest absolute Gasteiger partial charge is 0.390 e. The summed E-state index contributed by atoms with van der Waals surface area (Å²) in [5, 5.41) is 57.4. The van der Waals surface area contributed by atoms with E-state index < -0.39 is 49.0 Å². The molecular formula is C53H105NO8S. The predicted octanol–water partition coefficient (Wildman–Crippen LogP) is 12.6. The number of carbonyl (C=O) groups excluding carboxylic acids is 1. The van der Waals surface area contributed by atoms with Crippen LogP contribution in [0.1, 0.15) is 265 Å². The monoisotopic (exact) mass is 916 g/mol. The molecule has 376 valence electrons. The van der Waals surface area contributed by atoms with Gasteiger partial charge in [-0.2, -0.15) is 11.8 Å². The van der Waals surface area contributed by atoms with Gasteiger partial charge in [0.05, 0.1) is 24.9 Å². The number of aliphatic hydroxyl groups is 5. The highest BCUT2D eigenvalue weighted by Crippen LogP contribution is 2.27. The molecule has 6 N–H and O–H groups in total. The molecule has 0 bridgehead atoms. The van der Waals surface area contributed by atoms with Crippen LogP contribution in [0.5, 0.6) is 0 Å². The molecule has 1 saturated heterocycles. The van der Waals surface area contributed by atoms with E-state index in [-0.39, 0.29) is 17.8 Å². The number of nitrogens with one attached hydrogen (secondary N) is 1. The molecule has 3 unspecified atom stereocenters. The number of carbonyl (C=O) groups is 1. The molecule has 0 saturated carbocycles. The van der Waals surface area contributed by atoms with Gasteiger partial charge in [0.2, 0.25) is 5.91 Å². The van der Waals surface area contributed by atoms with Crippen molar-refractivity contribution in [3.05, 3.63) is 0 Å². The van der Waals surface area contributed by atoms with Crippen LogP contribution in [0.15, 0.2) is 0 Å². The fourth-order valence-electron chi connectivity index (χ4n) is 8.89. The standard InChI is InChI=1S/C53H105NO8S/c1-5-7-9-11-13-15-17-19-20-21-22-23-24-25-26-27-28-29-31-33-35-37-39-41-48(56)54-45(42-61-53-52(60)51(59)50(58)47(62-53)43-63-44(3)4)49(57)46(55)40-38-36-34-32-30-18-16-14-12-10-8-6-2/h44-47,49-53,55,57-60H,5-43H2,1-4H3,(H,54,56)/t45-,46+,47?,49?,50-,51-,52?,53-/m0/s1. The van der Waals surface area contributed by atoms with Crippen LogP contribution in [-0.2, 0) is 14.3 Å². The van der Waals surface area contributed by atoms with E-state index in [1.54, 1.807) is 11.8 Å². The van der Waals surface area contributed by atoms with E-state index in [0.29, 0.717) is 18.6 Å². The summed E-state index contributed by atoms with van der Waals surface area (Å²) in [5.41, 5.74) is 0. The van der Waals surface area contributed by atoms with Crippen molar-refractivity contribution in [3.8, 4) is 0 Å². The first-order valence-corrected chi connectivity index (χ1v) is 28.2. The van der Waals surface area contributed by atoms with E-state index in [9.17, 15) is 30.3 Å². The molecule has 1 aliphatic heterocycles. The number of hydrogen-bond acceptors (Lipinski definition) is 9. The van der Waals surface area contributed by atoms with Gasteiger partial charge in [-0.3, -0.25) is 4.79 Å². The van der Waals surface area contributed by atoms with E-state index in [1.165, 1.54) is 186 Å². The van der Waals surface area contributed by atoms with Gasteiger partial charge in [-0.05, 0) is 18.1 Å². The molecule has 1 rings (SSSR count). The summed E-state index contributed by atoms with van der Waals surface area (Å²) in [6.07, 6.45) is 37.0. The molecule has 0 spiro atoms. The van der Waals surface area contributed by atoms with Crippen molar-refractivity contribution in [3.63, 3.8) is 0 Å². The average Bonchev–Trinajstić information content (AvgIpc) is 3.27. The van der Waals surface area contributed by atoms with Gasteiger partial charge in [-0.15, -0.1) is 0 Å². The number of unbranched alkanes of at least 4 members (excludes halogenated alkanes) is 33. The number of ether oxygens (including phenoxy) is 2. The van der Waals surface area contributed by atoms with Gasteiger partial charge in [-0.25, -0.2) is 0 Å². The Bertz CT molecular complexity index is 993. The summed E-state index contributed by atoms with van der Waals surface area (Å²) < 4.78 is 11.8. The molecule has 1 amide bonds. The highest BCUT2D eigenvalue weighted by Gasteiger charge is 2.44. The van der Waals surface area contributed by atoms with Gasteiger partial charge in [0.15, 0.2) is 6.29 Å². The maximum Gasteiger partial charge on any atom is 0.220 e. The van der Waals surface area contributed by atoms with E-state index >= 15 is 0 Å². The molecule has 63 heavy (non-hydrogen) atoms. The Morgan fingerprint density at radius 1 is 0.540 bits per heavy atom. The Hall–Kier alpha value is -0.460. The fourth-order valence-corrected chi connectivity index (χ4v) is 9.74. The van der Waals surface area contributed by atoms with Crippen LogP contribution < -0.4 is 5.32 Å². The lowest BCUT2D eigenvalue weighted by molar-refractivity contribution is -0.294. The number of thioether (sulfide) groups is 1. The fraction of sp³-hybridized carbons (Fsp3) is 0.981. The van der Waals surface area contributed by atoms with Gasteiger partial charge in [-0.1, -0.05) is 246 Å². The second-order valence-electron chi connectivity index (χ2n) is 19.7. The highest BCUT2D eigenvalue weighted by molar-refractivity contribution is 7.99. The summed E-state index contributed by atoms with van der Waals surface area (Å²) in [6.45, 7) is 8.36. The van der Waals surface area contributed by atoms with Crippen molar-refractivity contribution < 1.29 is 39.8 Å². The van der Waals surface area contributed by atoms with Gasteiger partial charge in [0.1, 0.15) is 24.4 Å². The molecule has 1 fully saturated rings. The molecule has 0 aliphatic carbocycles. The van der Waals surface area contributed by atoms with E-state index in [2.05, 4.69) is 19.2 Å². The van der Waals surface area contributed by atoms with Crippen LogP contribution in [0.2, 0.25) is 0 Å². The maximum atomic E-state index is 13.2. The van der Waals surface area contributed by atoms with Gasteiger partial charge in [0.25, 0.3) is 0 Å². The first kappa shape index (κ1) is 60.6.